The summed E-state index contributed by atoms with van der Waals surface area (Å²) in [5.74, 6) is -1.16. The Morgan fingerprint density at radius 2 is 1.72 bits per heavy atom. The van der Waals surface area contributed by atoms with Crippen molar-refractivity contribution in [2.45, 2.75) is 12.5 Å². The van der Waals surface area contributed by atoms with Crippen molar-refractivity contribution >= 4 is 43.2 Å². The van der Waals surface area contributed by atoms with Gasteiger partial charge in [-0.15, -0.1) is 11.3 Å². The third-order valence-electron chi connectivity index (χ3n) is 2.46. The van der Waals surface area contributed by atoms with E-state index < -0.39 is 11.6 Å². The fourth-order valence-corrected chi connectivity index (χ4v) is 4.70. The molecule has 1 heterocycles. The number of benzene rings is 1. The van der Waals surface area contributed by atoms with Gasteiger partial charge in [0.1, 0.15) is 11.6 Å². The molecule has 1 aromatic carbocycles. The van der Waals surface area contributed by atoms with Crippen LogP contribution in [0.2, 0.25) is 0 Å². The molecule has 2 aromatic rings. The van der Waals surface area contributed by atoms with E-state index in [1.54, 1.807) is 0 Å². The Morgan fingerprint density at radius 3 is 2.22 bits per heavy atom. The summed E-state index contributed by atoms with van der Waals surface area (Å²) in [6, 6.07) is 5.07. The first-order valence-electron chi connectivity index (χ1n) is 5.11. The molecule has 0 amide bonds. The molecule has 0 radical (unpaired) electrons. The van der Waals surface area contributed by atoms with E-state index in [-0.39, 0.29) is 6.04 Å². The van der Waals surface area contributed by atoms with Crippen LogP contribution in [0.5, 0.6) is 0 Å². The molecule has 2 N–H and O–H groups in total. The number of hydrogen-bond donors (Lipinski definition) is 1. The lowest BCUT2D eigenvalue weighted by molar-refractivity contribution is 0.576. The first-order valence-corrected chi connectivity index (χ1v) is 7.51. The Labute approximate surface area is 124 Å². The summed E-state index contributed by atoms with van der Waals surface area (Å²) in [6.07, 6.45) is 0.385. The fraction of sp³-hybridized carbons (Fsp3) is 0.167. The summed E-state index contributed by atoms with van der Waals surface area (Å²) in [4.78, 5) is 0. The van der Waals surface area contributed by atoms with E-state index in [1.807, 2.05) is 6.07 Å². The second-order valence-corrected chi connectivity index (χ2v) is 7.62. The van der Waals surface area contributed by atoms with Gasteiger partial charge in [-0.1, -0.05) is 0 Å². The molecular weight excluding hydrogens is 388 g/mol. The molecule has 1 atom stereocenters. The Bertz CT molecular complexity index is 551. The number of thiophene rings is 1. The lowest BCUT2D eigenvalue weighted by atomic mass is 10.0. The summed E-state index contributed by atoms with van der Waals surface area (Å²) in [5, 5.41) is 0. The first kappa shape index (κ1) is 14.1. The highest BCUT2D eigenvalue weighted by atomic mass is 79.9. The molecule has 0 saturated heterocycles. The average molecular weight is 397 g/mol. The van der Waals surface area contributed by atoms with E-state index in [2.05, 4.69) is 31.9 Å². The largest absolute Gasteiger partial charge is 0.324 e. The third kappa shape index (κ3) is 3.38. The topological polar surface area (TPSA) is 26.0 Å². The Balaban J connectivity index is 2.20. The summed E-state index contributed by atoms with van der Waals surface area (Å²) in [6.45, 7) is 0. The summed E-state index contributed by atoms with van der Waals surface area (Å²) in [5.41, 5.74) is 7.53. The van der Waals surface area contributed by atoms with Crippen LogP contribution >= 0.6 is 43.2 Å². The third-order valence-corrected chi connectivity index (χ3v) is 4.85. The number of halogens is 4. The molecule has 0 spiro atoms. The molecule has 0 aliphatic heterocycles. The van der Waals surface area contributed by atoms with Gasteiger partial charge in [-0.25, -0.2) is 8.78 Å². The average Bonchev–Trinajstić information content (AvgIpc) is 2.56. The number of rotatable bonds is 3. The van der Waals surface area contributed by atoms with Crippen molar-refractivity contribution in [3.05, 3.63) is 54.6 Å². The van der Waals surface area contributed by atoms with Crippen LogP contribution in [-0.2, 0) is 6.42 Å². The SMILES string of the molecule is NC(Cc1cc(F)cc(F)c1)c1cc(Br)sc1Br. The summed E-state index contributed by atoms with van der Waals surface area (Å²) in [7, 11) is 0. The van der Waals surface area contributed by atoms with Crippen LogP contribution in [0.25, 0.3) is 0 Å². The molecule has 0 saturated carbocycles. The standard InChI is InChI=1S/C12H9Br2F2NS/c13-11-5-9(12(14)18-11)10(17)3-6-1-7(15)4-8(16)2-6/h1-2,4-5,10H,3,17H2. The maximum atomic E-state index is 13.1. The zero-order chi connectivity index (χ0) is 13.3. The van der Waals surface area contributed by atoms with Gasteiger partial charge >= 0.3 is 0 Å². The zero-order valence-corrected chi connectivity index (χ0v) is 13.1. The molecule has 6 heteroatoms. The lowest BCUT2D eigenvalue weighted by Gasteiger charge is -2.11. The van der Waals surface area contributed by atoms with Gasteiger partial charge in [0.2, 0.25) is 0 Å². The van der Waals surface area contributed by atoms with Crippen molar-refractivity contribution in [3.63, 3.8) is 0 Å². The van der Waals surface area contributed by atoms with Gasteiger partial charge in [0.15, 0.2) is 0 Å². The molecule has 0 bridgehead atoms. The monoisotopic (exact) mass is 395 g/mol. The molecule has 96 valence electrons. The van der Waals surface area contributed by atoms with Crippen LogP contribution in [0.3, 0.4) is 0 Å². The van der Waals surface area contributed by atoms with Crippen molar-refractivity contribution in [3.8, 4) is 0 Å². The van der Waals surface area contributed by atoms with Crippen molar-refractivity contribution in [1.82, 2.24) is 0 Å². The van der Waals surface area contributed by atoms with E-state index in [4.69, 9.17) is 5.73 Å². The summed E-state index contributed by atoms with van der Waals surface area (Å²) >= 11 is 8.31. The smallest absolute Gasteiger partial charge is 0.126 e. The minimum Gasteiger partial charge on any atom is -0.324 e. The fourth-order valence-electron chi connectivity index (χ4n) is 1.70. The van der Waals surface area contributed by atoms with Crippen molar-refractivity contribution < 1.29 is 8.78 Å². The molecule has 18 heavy (non-hydrogen) atoms. The van der Waals surface area contributed by atoms with Crippen LogP contribution in [0.4, 0.5) is 8.78 Å². The van der Waals surface area contributed by atoms with Gasteiger partial charge in [0.25, 0.3) is 0 Å². The zero-order valence-electron chi connectivity index (χ0n) is 9.09. The summed E-state index contributed by atoms with van der Waals surface area (Å²) < 4.78 is 28.0. The quantitative estimate of drug-likeness (QED) is 0.792. The molecule has 1 aromatic heterocycles. The highest BCUT2D eigenvalue weighted by Crippen LogP contribution is 2.35. The van der Waals surface area contributed by atoms with E-state index in [0.717, 1.165) is 19.2 Å². The molecule has 0 aliphatic rings. The van der Waals surface area contributed by atoms with Gasteiger partial charge in [-0.2, -0.15) is 0 Å². The predicted molar refractivity (Wildman–Crippen MR) is 76.7 cm³/mol. The first-order chi connectivity index (χ1) is 8.45. The number of nitrogens with two attached hydrogens (primary N) is 1. The molecule has 2 rings (SSSR count). The van der Waals surface area contributed by atoms with E-state index in [1.165, 1.54) is 23.5 Å². The minimum atomic E-state index is -0.581. The predicted octanol–water partition coefficient (Wildman–Crippen LogP) is 4.79. The Hall–Kier alpha value is -0.300. The lowest BCUT2D eigenvalue weighted by Crippen LogP contribution is -2.13. The van der Waals surface area contributed by atoms with E-state index in [9.17, 15) is 8.78 Å². The normalized spacial score (nSPS) is 12.7. The maximum Gasteiger partial charge on any atom is 0.126 e. The Kier molecular flexibility index (Phi) is 4.53. The van der Waals surface area contributed by atoms with Gasteiger partial charge in [0, 0.05) is 12.1 Å². The van der Waals surface area contributed by atoms with E-state index >= 15 is 0 Å². The molecule has 0 aliphatic carbocycles. The second-order valence-electron chi connectivity index (χ2n) is 3.87. The highest BCUT2D eigenvalue weighted by Gasteiger charge is 2.14. The van der Waals surface area contributed by atoms with Crippen molar-refractivity contribution in [2.24, 2.45) is 5.73 Å². The highest BCUT2D eigenvalue weighted by molar-refractivity contribution is 9.12. The Morgan fingerprint density at radius 1 is 1.11 bits per heavy atom. The molecule has 0 fully saturated rings. The van der Waals surface area contributed by atoms with Crippen LogP contribution in [-0.4, -0.2) is 0 Å². The minimum absolute atomic E-state index is 0.303. The second kappa shape index (κ2) is 5.77. The van der Waals surface area contributed by atoms with E-state index in [0.29, 0.717) is 12.0 Å². The van der Waals surface area contributed by atoms with Crippen LogP contribution < -0.4 is 5.73 Å². The molecular formula is C12H9Br2F2NS. The van der Waals surface area contributed by atoms with Crippen molar-refractivity contribution in [2.75, 3.05) is 0 Å². The van der Waals surface area contributed by atoms with Crippen LogP contribution in [0.15, 0.2) is 31.8 Å². The van der Waals surface area contributed by atoms with Gasteiger partial charge < -0.3 is 5.73 Å². The van der Waals surface area contributed by atoms with Gasteiger partial charge in [0.05, 0.1) is 7.57 Å². The number of hydrogen-bond acceptors (Lipinski definition) is 2. The molecule has 1 unspecified atom stereocenters. The van der Waals surface area contributed by atoms with Crippen LogP contribution in [0, 0.1) is 11.6 Å². The van der Waals surface area contributed by atoms with Gasteiger partial charge in [-0.3, -0.25) is 0 Å². The van der Waals surface area contributed by atoms with Crippen molar-refractivity contribution in [1.29, 1.82) is 0 Å². The van der Waals surface area contributed by atoms with Crippen LogP contribution in [0.1, 0.15) is 17.2 Å². The van der Waals surface area contributed by atoms with Gasteiger partial charge in [-0.05, 0) is 67.6 Å². The molecule has 1 nitrogen and oxygen atoms in total. The maximum absolute atomic E-state index is 13.1.